The van der Waals surface area contributed by atoms with Crippen molar-refractivity contribution >= 4 is 12.1 Å². The molecule has 116 valence electrons. The number of carbonyl (C=O) groups is 2. The monoisotopic (exact) mass is 295 g/mol. The lowest BCUT2D eigenvalue weighted by molar-refractivity contribution is -0.149. The van der Waals surface area contributed by atoms with Gasteiger partial charge in [0.1, 0.15) is 6.10 Å². The molecule has 1 aliphatic carbocycles. The van der Waals surface area contributed by atoms with Crippen molar-refractivity contribution in [3.8, 4) is 0 Å². The number of rotatable bonds is 2. The molecule has 0 saturated heterocycles. The van der Waals surface area contributed by atoms with E-state index in [1.54, 1.807) is 6.92 Å². The van der Waals surface area contributed by atoms with Crippen molar-refractivity contribution in [2.24, 2.45) is 0 Å². The van der Waals surface area contributed by atoms with Gasteiger partial charge >= 0.3 is 12.1 Å². The average Bonchev–Trinajstić information content (AvgIpc) is 2.71. The molecule has 1 N–H and O–H groups in total. The quantitative estimate of drug-likeness (QED) is 0.779. The summed E-state index contributed by atoms with van der Waals surface area (Å²) in [6, 6.07) is -0.520. The molecule has 0 bridgehead atoms. The van der Waals surface area contributed by atoms with Crippen molar-refractivity contribution in [3.63, 3.8) is 0 Å². The Bertz CT molecular complexity index is 496. The second kappa shape index (κ2) is 6.30. The van der Waals surface area contributed by atoms with Crippen LogP contribution in [0.2, 0.25) is 0 Å². The maximum Gasteiger partial charge on any atom is 0.410 e. The molecule has 3 atom stereocenters. The molecular weight excluding hydrogens is 274 g/mol. The van der Waals surface area contributed by atoms with Gasteiger partial charge in [-0.25, -0.2) is 4.79 Å². The Balaban J connectivity index is 2.32. The number of aliphatic hydroxyl groups excluding tert-OH is 1. The lowest BCUT2D eigenvalue weighted by atomic mass is 10.00. The van der Waals surface area contributed by atoms with Gasteiger partial charge in [0.25, 0.3) is 0 Å². The Morgan fingerprint density at radius 1 is 1.52 bits per heavy atom. The normalized spacial score (nSPS) is 29.9. The van der Waals surface area contributed by atoms with E-state index in [2.05, 4.69) is 0 Å². The van der Waals surface area contributed by atoms with E-state index >= 15 is 0 Å². The van der Waals surface area contributed by atoms with Crippen LogP contribution in [0.3, 0.4) is 0 Å². The van der Waals surface area contributed by atoms with E-state index in [4.69, 9.17) is 9.47 Å². The SMILES string of the molecule is C/C=C1/C2=CCCN(C(=O)OCC)[C@@H]2[C@H](O)[C@H]1OC(C)=O. The highest BCUT2D eigenvalue weighted by Crippen LogP contribution is 2.39. The number of ether oxygens (including phenoxy) is 2. The van der Waals surface area contributed by atoms with Gasteiger partial charge in [0.15, 0.2) is 6.10 Å². The number of esters is 1. The average molecular weight is 295 g/mol. The van der Waals surface area contributed by atoms with Crippen molar-refractivity contribution in [1.82, 2.24) is 4.90 Å². The van der Waals surface area contributed by atoms with Crippen LogP contribution in [0.5, 0.6) is 0 Å². The zero-order valence-corrected chi connectivity index (χ0v) is 12.5. The molecule has 0 aromatic heterocycles. The fraction of sp³-hybridized carbons (Fsp3) is 0.600. The van der Waals surface area contributed by atoms with Crippen molar-refractivity contribution in [2.45, 2.75) is 45.4 Å². The zero-order chi connectivity index (χ0) is 15.6. The molecule has 1 heterocycles. The molecule has 0 aromatic rings. The Morgan fingerprint density at radius 2 is 2.24 bits per heavy atom. The summed E-state index contributed by atoms with van der Waals surface area (Å²) >= 11 is 0. The van der Waals surface area contributed by atoms with Crippen LogP contribution >= 0.6 is 0 Å². The number of hydrogen-bond acceptors (Lipinski definition) is 5. The first-order valence-corrected chi connectivity index (χ1v) is 7.16. The third-order valence-corrected chi connectivity index (χ3v) is 3.77. The minimum absolute atomic E-state index is 0.279. The standard InChI is InChI=1S/C15H21NO5/c1-4-10-11-7-6-8-16(15(19)20-5-2)12(11)13(18)14(10)21-9(3)17/h4,7,12-14,18H,5-6,8H2,1-3H3/b10-4-/t12-,13-,14-/m0/s1. The van der Waals surface area contributed by atoms with Crippen LogP contribution in [0.1, 0.15) is 27.2 Å². The Labute approximate surface area is 124 Å². The summed E-state index contributed by atoms with van der Waals surface area (Å²) < 4.78 is 10.3. The molecule has 1 amide bonds. The predicted octanol–water partition coefficient (Wildman–Crippen LogP) is 1.40. The van der Waals surface area contributed by atoms with Gasteiger partial charge in [0.05, 0.1) is 12.6 Å². The smallest absolute Gasteiger partial charge is 0.410 e. The molecule has 0 spiro atoms. The first-order valence-electron chi connectivity index (χ1n) is 7.16. The fourth-order valence-corrected chi connectivity index (χ4v) is 3.01. The number of nitrogens with zero attached hydrogens (tertiary/aromatic N) is 1. The first-order chi connectivity index (χ1) is 10.0. The highest BCUT2D eigenvalue weighted by molar-refractivity contribution is 5.71. The number of amides is 1. The van der Waals surface area contributed by atoms with Crippen LogP contribution in [0, 0.1) is 0 Å². The van der Waals surface area contributed by atoms with E-state index in [0.29, 0.717) is 13.0 Å². The van der Waals surface area contributed by atoms with E-state index < -0.39 is 30.3 Å². The number of carbonyl (C=O) groups excluding carboxylic acids is 2. The van der Waals surface area contributed by atoms with Crippen molar-refractivity contribution in [3.05, 3.63) is 23.3 Å². The molecule has 0 radical (unpaired) electrons. The third kappa shape index (κ3) is 2.81. The summed E-state index contributed by atoms with van der Waals surface area (Å²) in [4.78, 5) is 24.8. The Morgan fingerprint density at radius 3 is 2.81 bits per heavy atom. The van der Waals surface area contributed by atoms with Crippen molar-refractivity contribution < 1.29 is 24.2 Å². The van der Waals surface area contributed by atoms with Gasteiger partial charge in [-0.3, -0.25) is 9.69 Å². The maximum atomic E-state index is 12.0. The van der Waals surface area contributed by atoms with Gasteiger partial charge in [-0.1, -0.05) is 12.2 Å². The highest BCUT2D eigenvalue weighted by atomic mass is 16.6. The van der Waals surface area contributed by atoms with Crippen LogP contribution in [0.25, 0.3) is 0 Å². The lowest BCUT2D eigenvalue weighted by Gasteiger charge is -2.33. The van der Waals surface area contributed by atoms with E-state index in [-0.39, 0.29) is 6.61 Å². The van der Waals surface area contributed by atoms with Gasteiger partial charge in [0, 0.05) is 13.5 Å². The summed E-state index contributed by atoms with van der Waals surface area (Å²) in [7, 11) is 0. The van der Waals surface area contributed by atoms with Crippen LogP contribution in [0.4, 0.5) is 4.79 Å². The molecule has 0 aromatic carbocycles. The molecule has 1 saturated carbocycles. The summed E-state index contributed by atoms with van der Waals surface area (Å²) in [5, 5.41) is 10.5. The molecule has 21 heavy (non-hydrogen) atoms. The topological polar surface area (TPSA) is 76.1 Å². The highest BCUT2D eigenvalue weighted by Gasteiger charge is 2.49. The zero-order valence-electron chi connectivity index (χ0n) is 12.5. The number of fused-ring (bicyclic) bond motifs is 1. The fourth-order valence-electron chi connectivity index (χ4n) is 3.01. The number of aliphatic hydroxyl groups is 1. The second-order valence-corrected chi connectivity index (χ2v) is 5.05. The Kier molecular flexibility index (Phi) is 4.67. The van der Waals surface area contributed by atoms with Gasteiger partial charge < -0.3 is 14.6 Å². The number of allylic oxidation sites excluding steroid dienone is 1. The van der Waals surface area contributed by atoms with Gasteiger partial charge in [-0.15, -0.1) is 0 Å². The largest absolute Gasteiger partial charge is 0.455 e. The van der Waals surface area contributed by atoms with Crippen LogP contribution in [-0.2, 0) is 14.3 Å². The third-order valence-electron chi connectivity index (χ3n) is 3.77. The van der Waals surface area contributed by atoms with Crippen molar-refractivity contribution in [1.29, 1.82) is 0 Å². The second-order valence-electron chi connectivity index (χ2n) is 5.05. The summed E-state index contributed by atoms with van der Waals surface area (Å²) in [5.41, 5.74) is 1.60. The Hall–Kier alpha value is -1.82. The van der Waals surface area contributed by atoms with E-state index in [9.17, 15) is 14.7 Å². The molecule has 1 aliphatic heterocycles. The van der Waals surface area contributed by atoms with Crippen molar-refractivity contribution in [2.75, 3.05) is 13.2 Å². The molecule has 6 heteroatoms. The lowest BCUT2D eigenvalue weighted by Crippen LogP contribution is -2.49. The van der Waals surface area contributed by atoms with E-state index in [1.807, 2.05) is 19.1 Å². The molecular formula is C15H21NO5. The van der Waals surface area contributed by atoms with Crippen LogP contribution in [0.15, 0.2) is 23.3 Å². The van der Waals surface area contributed by atoms with E-state index in [0.717, 1.165) is 11.1 Å². The summed E-state index contributed by atoms with van der Waals surface area (Å²) in [6.45, 7) is 5.63. The molecule has 2 rings (SSSR count). The van der Waals surface area contributed by atoms with Crippen LogP contribution < -0.4 is 0 Å². The summed E-state index contributed by atoms with van der Waals surface area (Å²) in [6.07, 6.45) is 2.32. The number of hydrogen-bond donors (Lipinski definition) is 1. The molecule has 0 unspecified atom stereocenters. The molecule has 2 aliphatic rings. The first kappa shape index (κ1) is 15.6. The molecule has 1 fully saturated rings. The van der Waals surface area contributed by atoms with Gasteiger partial charge in [-0.2, -0.15) is 0 Å². The predicted molar refractivity (Wildman–Crippen MR) is 75.5 cm³/mol. The minimum atomic E-state index is -0.976. The van der Waals surface area contributed by atoms with Gasteiger partial charge in [-0.05, 0) is 31.4 Å². The summed E-state index contributed by atoms with van der Waals surface area (Å²) in [5.74, 6) is -0.458. The van der Waals surface area contributed by atoms with Gasteiger partial charge in [0.2, 0.25) is 0 Å². The molecule has 6 nitrogen and oxygen atoms in total. The van der Waals surface area contributed by atoms with E-state index in [1.165, 1.54) is 11.8 Å². The minimum Gasteiger partial charge on any atom is -0.455 e. The maximum absolute atomic E-state index is 12.0. The van der Waals surface area contributed by atoms with Crippen LogP contribution in [-0.4, -0.2) is 53.5 Å².